The number of morpholine rings is 1. The summed E-state index contributed by atoms with van der Waals surface area (Å²) in [7, 11) is 0. The third-order valence-electron chi connectivity index (χ3n) is 5.15. The summed E-state index contributed by atoms with van der Waals surface area (Å²) >= 11 is 0. The third-order valence-corrected chi connectivity index (χ3v) is 5.15. The van der Waals surface area contributed by atoms with Gasteiger partial charge in [-0.05, 0) is 54.6 Å². The number of carbonyl (C=O) groups is 2. The number of hydrogen-bond acceptors (Lipinski definition) is 5. The Kier molecular flexibility index (Phi) is 7.56. The zero-order valence-electron chi connectivity index (χ0n) is 18.2. The fourth-order valence-electron chi connectivity index (χ4n) is 3.41. The molecule has 1 heterocycles. The van der Waals surface area contributed by atoms with Gasteiger partial charge >= 0.3 is 0 Å². The lowest BCUT2D eigenvalue weighted by Gasteiger charge is -2.26. The Bertz CT molecular complexity index is 1060. The van der Waals surface area contributed by atoms with Crippen molar-refractivity contribution in [2.24, 2.45) is 0 Å². The molecule has 7 heteroatoms. The van der Waals surface area contributed by atoms with Gasteiger partial charge in [-0.1, -0.05) is 24.3 Å². The molecule has 1 saturated heterocycles. The van der Waals surface area contributed by atoms with Crippen molar-refractivity contribution in [3.05, 3.63) is 90.0 Å². The highest BCUT2D eigenvalue weighted by atomic mass is 16.5. The van der Waals surface area contributed by atoms with Crippen LogP contribution < -0.4 is 14.8 Å². The van der Waals surface area contributed by atoms with E-state index in [2.05, 4.69) is 5.32 Å². The molecular weight excluding hydrogens is 420 g/mol. The number of amides is 2. The molecule has 3 aromatic carbocycles. The molecule has 0 unspecified atom stereocenters. The fourth-order valence-corrected chi connectivity index (χ4v) is 3.41. The molecule has 33 heavy (non-hydrogen) atoms. The predicted octanol–water partition coefficient (Wildman–Crippen LogP) is 3.87. The van der Waals surface area contributed by atoms with E-state index in [0.717, 1.165) is 5.75 Å². The highest BCUT2D eigenvalue weighted by molar-refractivity contribution is 6.04. The zero-order valence-corrected chi connectivity index (χ0v) is 18.2. The lowest BCUT2D eigenvalue weighted by atomic mass is 10.1. The Hall–Kier alpha value is -3.84. The molecule has 4 rings (SSSR count). The van der Waals surface area contributed by atoms with Crippen molar-refractivity contribution in [3.8, 4) is 11.5 Å². The summed E-state index contributed by atoms with van der Waals surface area (Å²) in [6.45, 7) is 3.06. The van der Waals surface area contributed by atoms with E-state index < -0.39 is 0 Å². The topological polar surface area (TPSA) is 77.1 Å². The summed E-state index contributed by atoms with van der Waals surface area (Å²) in [5.74, 6) is 1.09. The Morgan fingerprint density at radius 2 is 1.45 bits per heavy atom. The highest BCUT2D eigenvalue weighted by Gasteiger charge is 2.18. The Morgan fingerprint density at radius 3 is 2.18 bits per heavy atom. The van der Waals surface area contributed by atoms with Crippen LogP contribution in [0.4, 0.5) is 5.69 Å². The Labute approximate surface area is 192 Å². The number of para-hydroxylation sites is 1. The molecule has 0 radical (unpaired) electrons. The average Bonchev–Trinajstić information content (AvgIpc) is 2.88. The maximum Gasteiger partial charge on any atom is 0.255 e. The van der Waals surface area contributed by atoms with Crippen LogP contribution in [0.3, 0.4) is 0 Å². The van der Waals surface area contributed by atoms with Crippen LogP contribution in [0, 0.1) is 0 Å². The van der Waals surface area contributed by atoms with E-state index in [9.17, 15) is 9.59 Å². The van der Waals surface area contributed by atoms with E-state index in [-0.39, 0.29) is 11.8 Å². The first kappa shape index (κ1) is 22.4. The number of rotatable bonds is 8. The van der Waals surface area contributed by atoms with Crippen LogP contribution in [0.15, 0.2) is 78.9 Å². The van der Waals surface area contributed by atoms with Crippen LogP contribution in [0.25, 0.3) is 0 Å². The maximum absolute atomic E-state index is 12.7. The fraction of sp³-hybridized carbons (Fsp3) is 0.231. The summed E-state index contributed by atoms with van der Waals surface area (Å²) in [5.41, 5.74) is 1.68. The zero-order chi connectivity index (χ0) is 22.9. The van der Waals surface area contributed by atoms with Crippen molar-refractivity contribution in [1.29, 1.82) is 0 Å². The molecule has 0 spiro atoms. The van der Waals surface area contributed by atoms with Crippen LogP contribution in [-0.2, 0) is 4.74 Å². The molecule has 0 atom stereocenters. The Balaban J connectivity index is 1.28. The first-order chi connectivity index (χ1) is 16.2. The quantitative estimate of drug-likeness (QED) is 0.532. The van der Waals surface area contributed by atoms with Gasteiger partial charge in [0.15, 0.2) is 0 Å². The Morgan fingerprint density at radius 1 is 0.788 bits per heavy atom. The molecule has 170 valence electrons. The summed E-state index contributed by atoms with van der Waals surface area (Å²) in [6.07, 6.45) is 0. The molecular formula is C26H26N2O5. The predicted molar refractivity (Wildman–Crippen MR) is 125 cm³/mol. The number of ether oxygens (including phenoxy) is 3. The second-order valence-electron chi connectivity index (χ2n) is 7.47. The van der Waals surface area contributed by atoms with Crippen LogP contribution >= 0.6 is 0 Å². The van der Waals surface area contributed by atoms with Gasteiger partial charge in [-0.25, -0.2) is 0 Å². The number of carbonyl (C=O) groups excluding carboxylic acids is 2. The third kappa shape index (κ3) is 6.33. The van der Waals surface area contributed by atoms with E-state index in [4.69, 9.17) is 14.2 Å². The number of nitrogens with zero attached hydrogens (tertiary/aromatic N) is 1. The molecule has 0 aromatic heterocycles. The molecule has 1 aliphatic heterocycles. The van der Waals surface area contributed by atoms with Crippen molar-refractivity contribution in [1.82, 2.24) is 4.90 Å². The smallest absolute Gasteiger partial charge is 0.255 e. The van der Waals surface area contributed by atoms with Crippen molar-refractivity contribution in [3.63, 3.8) is 0 Å². The van der Waals surface area contributed by atoms with Gasteiger partial charge in [-0.2, -0.15) is 0 Å². The van der Waals surface area contributed by atoms with E-state index in [0.29, 0.717) is 62.1 Å². The summed E-state index contributed by atoms with van der Waals surface area (Å²) in [6, 6.07) is 23.4. The number of hydrogen-bond donors (Lipinski definition) is 1. The second-order valence-corrected chi connectivity index (χ2v) is 7.47. The molecule has 3 aromatic rings. The first-order valence-electron chi connectivity index (χ1n) is 10.9. The van der Waals surface area contributed by atoms with Crippen LogP contribution in [0.1, 0.15) is 20.7 Å². The molecule has 1 aliphatic rings. The average molecular weight is 447 g/mol. The van der Waals surface area contributed by atoms with Crippen LogP contribution in [0.5, 0.6) is 11.5 Å². The number of anilines is 1. The normalized spacial score (nSPS) is 13.3. The van der Waals surface area contributed by atoms with Crippen LogP contribution in [-0.4, -0.2) is 56.2 Å². The van der Waals surface area contributed by atoms with Crippen molar-refractivity contribution in [2.75, 3.05) is 44.8 Å². The van der Waals surface area contributed by atoms with E-state index >= 15 is 0 Å². The largest absolute Gasteiger partial charge is 0.490 e. The molecule has 0 aliphatic carbocycles. The van der Waals surface area contributed by atoms with E-state index in [1.165, 1.54) is 0 Å². The van der Waals surface area contributed by atoms with Gasteiger partial charge in [-0.3, -0.25) is 9.59 Å². The molecule has 0 saturated carbocycles. The summed E-state index contributed by atoms with van der Waals surface area (Å²) in [5, 5.41) is 2.86. The van der Waals surface area contributed by atoms with Gasteiger partial charge in [0.2, 0.25) is 0 Å². The second kappa shape index (κ2) is 11.2. The van der Waals surface area contributed by atoms with Gasteiger partial charge in [-0.15, -0.1) is 0 Å². The number of benzene rings is 3. The van der Waals surface area contributed by atoms with Gasteiger partial charge < -0.3 is 24.4 Å². The lowest BCUT2D eigenvalue weighted by Crippen LogP contribution is -2.40. The van der Waals surface area contributed by atoms with E-state index in [1.54, 1.807) is 53.4 Å². The molecule has 1 N–H and O–H groups in total. The summed E-state index contributed by atoms with van der Waals surface area (Å²) < 4.78 is 16.6. The van der Waals surface area contributed by atoms with Gasteiger partial charge in [0, 0.05) is 29.9 Å². The summed E-state index contributed by atoms with van der Waals surface area (Å²) in [4.78, 5) is 27.0. The van der Waals surface area contributed by atoms with Gasteiger partial charge in [0.05, 0.1) is 13.2 Å². The van der Waals surface area contributed by atoms with E-state index in [1.807, 2.05) is 30.3 Å². The van der Waals surface area contributed by atoms with Crippen molar-refractivity contribution >= 4 is 17.5 Å². The van der Waals surface area contributed by atoms with Crippen LogP contribution in [0.2, 0.25) is 0 Å². The minimum Gasteiger partial charge on any atom is -0.490 e. The minimum atomic E-state index is -0.256. The minimum absolute atomic E-state index is 0.0303. The van der Waals surface area contributed by atoms with Gasteiger partial charge in [0.25, 0.3) is 11.8 Å². The molecule has 7 nitrogen and oxygen atoms in total. The maximum atomic E-state index is 12.7. The lowest BCUT2D eigenvalue weighted by molar-refractivity contribution is 0.0303. The monoisotopic (exact) mass is 446 g/mol. The standard InChI is InChI=1S/C26H26N2O5/c29-25(27-22-11-9-20(10-12-22)26(30)28-13-15-31-16-14-28)21-5-4-8-24(19-21)33-18-17-32-23-6-2-1-3-7-23/h1-12,19H,13-18H2,(H,27,29). The first-order valence-corrected chi connectivity index (χ1v) is 10.9. The SMILES string of the molecule is O=C(Nc1ccc(C(=O)N2CCOCC2)cc1)c1cccc(OCCOc2ccccc2)c1. The van der Waals surface area contributed by atoms with Crippen molar-refractivity contribution in [2.45, 2.75) is 0 Å². The van der Waals surface area contributed by atoms with Gasteiger partial charge in [0.1, 0.15) is 24.7 Å². The molecule has 2 amide bonds. The molecule has 1 fully saturated rings. The van der Waals surface area contributed by atoms with Crippen molar-refractivity contribution < 1.29 is 23.8 Å². The number of nitrogens with one attached hydrogen (secondary N) is 1. The highest BCUT2D eigenvalue weighted by Crippen LogP contribution is 2.17. The molecule has 0 bridgehead atoms.